The number of hydrogen-bond acceptors (Lipinski definition) is 45. The Morgan fingerprint density at radius 2 is 0.934 bits per heavy atom. The molecule has 3 aromatic rings. The Balaban J connectivity index is 0.000000479. The molecule has 0 aromatic carbocycles. The number of rotatable bonds is 57. The van der Waals surface area contributed by atoms with Crippen molar-refractivity contribution >= 4 is 82.2 Å². The predicted molar refractivity (Wildman–Crippen MR) is 458 cm³/mol. The Morgan fingerprint density at radius 3 is 1.33 bits per heavy atom. The van der Waals surface area contributed by atoms with E-state index < -0.39 is 183 Å². The lowest BCUT2D eigenvalue weighted by Crippen LogP contribution is -2.64. The number of nitrogens with zero attached hydrogens (tertiary/aromatic N) is 10. The monoisotopic (exact) mass is 2090 g/mol. The van der Waals surface area contributed by atoms with Crippen LogP contribution in [0.1, 0.15) is 89.1 Å². The summed E-state index contributed by atoms with van der Waals surface area (Å²) in [4.78, 5) is 154. The maximum atomic E-state index is 12.6. The van der Waals surface area contributed by atoms with Crippen LogP contribution in [-0.4, -0.2) is 359 Å². The van der Waals surface area contributed by atoms with Gasteiger partial charge in [0.2, 0.25) is 23.6 Å². The van der Waals surface area contributed by atoms with Crippen LogP contribution in [0.2, 0.25) is 0 Å². The molecule has 68 heteroatoms. The van der Waals surface area contributed by atoms with E-state index in [-0.39, 0.29) is 193 Å². The molecule has 4 saturated heterocycles. The first-order chi connectivity index (χ1) is 64.3. The number of azide groups is 1. The second-order valence-corrected chi connectivity index (χ2v) is 36.8. The highest BCUT2D eigenvalue weighted by molar-refractivity contribution is 7.67. The Labute approximate surface area is 780 Å². The van der Waals surface area contributed by atoms with Crippen LogP contribution in [0.15, 0.2) is 33.3 Å². The quantitative estimate of drug-likeness (QED) is 0.00627. The lowest BCUT2D eigenvalue weighted by atomic mass is 9.97. The van der Waals surface area contributed by atoms with E-state index in [0.717, 1.165) is 9.13 Å². The molecule has 7 heterocycles. The van der Waals surface area contributed by atoms with Gasteiger partial charge in [-0.15, -0.1) is 11.5 Å². The Bertz CT molecular complexity index is 4910. The summed E-state index contributed by atoms with van der Waals surface area (Å²) in [6, 6.07) is -2.01. The number of nitrogens with one attached hydrogen (secondary N) is 4. The third kappa shape index (κ3) is 49.1. The van der Waals surface area contributed by atoms with E-state index >= 15 is 0 Å². The molecule has 8 unspecified atom stereocenters. The molecule has 4 fully saturated rings. The van der Waals surface area contributed by atoms with E-state index in [2.05, 4.69) is 107 Å². The summed E-state index contributed by atoms with van der Waals surface area (Å²) in [6.45, 7) is 4.70. The molecule has 137 heavy (non-hydrogen) atoms. The zero-order valence-electron chi connectivity index (χ0n) is 72.7. The van der Waals surface area contributed by atoms with Gasteiger partial charge in [-0.3, -0.25) is 37.4 Å². The number of anilines is 2. The van der Waals surface area contributed by atoms with Crippen molar-refractivity contribution in [1.82, 2.24) is 55.4 Å². The zero-order chi connectivity index (χ0) is 101. The Kier molecular flexibility index (Phi) is 55.6. The number of ether oxygens (including phenoxy) is 14. The number of aliphatic hydroxyl groups excluding tert-OH is 6. The van der Waals surface area contributed by atoms with Crippen LogP contribution in [0.3, 0.4) is 0 Å². The molecule has 0 spiro atoms. The number of aromatic nitrogens is 7. The van der Waals surface area contributed by atoms with Gasteiger partial charge in [0, 0.05) is 50.5 Å². The van der Waals surface area contributed by atoms with E-state index in [0.29, 0.717) is 38.7 Å². The molecule has 4 aliphatic rings. The van der Waals surface area contributed by atoms with Crippen LogP contribution in [0, 0.1) is 36.0 Å². The Hall–Kier alpha value is -7.61. The summed E-state index contributed by atoms with van der Waals surface area (Å²) in [5.74, 6) is 11.1. The molecule has 776 valence electrons. The van der Waals surface area contributed by atoms with Crippen molar-refractivity contribution < 1.29 is 209 Å². The molecule has 3 aromatic heterocycles. The maximum Gasteiger partial charge on any atom is 0.490 e. The van der Waals surface area contributed by atoms with Gasteiger partial charge in [-0.05, 0) is 31.2 Å². The largest absolute Gasteiger partial charge is 0.490 e. The summed E-state index contributed by atoms with van der Waals surface area (Å²) < 4.78 is 172. The molecule has 18 atom stereocenters. The smallest absolute Gasteiger partial charge is 0.394 e. The van der Waals surface area contributed by atoms with E-state index in [1.54, 1.807) is 10.9 Å². The number of carbonyl (C=O) groups is 4. The third-order valence-electron chi connectivity index (χ3n) is 17.5. The zero-order valence-corrected chi connectivity index (χ0v) is 78.0. The first-order valence-corrected chi connectivity index (χ1v) is 49.4. The number of aliphatic hydroxyl groups is 6. The minimum atomic E-state index is -5.70. The fourth-order valence-electron chi connectivity index (χ4n) is 11.5. The fraction of sp³-hybridized carbons (Fsp3) is 0.710. The molecule has 0 saturated carbocycles. The highest BCUT2D eigenvalue weighted by atomic mass is 31.3. The van der Waals surface area contributed by atoms with Gasteiger partial charge in [-0.2, -0.15) is 27.2 Å². The first-order valence-electron chi connectivity index (χ1n) is 40.4. The SMILES string of the molecule is C.C#CCOCCOCCOCCO[C@@H]1OC(CO)[C@@H](O)[C@H](O)C1NC(C)=O.CC(=O)NC1[C@H](OCCOCCOCCOCc2cn(CCOCCC(=O)NCC#Cc3cn([C@H]4CC[C@@H](COP(=O)(O)OP(=O)(O)OP(=O)(O)O)O4)c(=O)nc3N)nn2)OC(CO)[C@@H](O)[C@@H]1O.[N-]=[N+]=NCCOCCC(=O)NCC#Cc1cn([C@H]2CC[C@@H](COP(=O)(O)OP(=O)(O)OP(=O)(O)O)O2)c(=O)nc1N. The molecule has 7 rings (SSSR count). The Morgan fingerprint density at radius 1 is 0.540 bits per heavy atom. The molecule has 0 aliphatic carbocycles. The summed E-state index contributed by atoms with van der Waals surface area (Å²) in [5.41, 5.74) is 19.0. The third-order valence-corrected chi connectivity index (χ3v) is 25.1. The van der Waals surface area contributed by atoms with Crippen molar-refractivity contribution in [3.63, 3.8) is 0 Å². The average Bonchev–Trinajstić information content (AvgIpc) is 1.79. The minimum Gasteiger partial charge on any atom is -0.394 e. The highest BCUT2D eigenvalue weighted by Crippen LogP contribution is 2.67. The van der Waals surface area contributed by atoms with Gasteiger partial charge in [-0.25, -0.2) is 41.7 Å². The summed E-state index contributed by atoms with van der Waals surface area (Å²) in [6.07, 6.45) is -3.41. The van der Waals surface area contributed by atoms with E-state index in [4.69, 9.17) is 109 Å². The van der Waals surface area contributed by atoms with Crippen molar-refractivity contribution in [3.8, 4) is 36.0 Å². The number of phosphoric acid groups is 6. The molecular weight excluding hydrogens is 1970 g/mol. The van der Waals surface area contributed by atoms with Gasteiger partial charge in [0.1, 0.15) is 85.1 Å². The molecular formula is C69H114N16O46P6. The van der Waals surface area contributed by atoms with Gasteiger partial charge in [-0.1, -0.05) is 47.4 Å². The molecule has 22 N–H and O–H groups in total. The standard InChI is InChI=1S/C34H55N8O23P3.C17H26N7O14P3.C17H29NO9.CH4/c1-22(44)37-29-31(47)30(46)26(19-43)63-33(29)60-16-15-58-12-11-57-13-14-59-20-24-18-41(40-39-24)8-10-56-9-6-27(45)36-7-2-3-23-17-42(34(48)38-32(23)35)28-5-4-25(62-28)21-61-67(52,53)65-68(54,55)64-66(49,50)51;18-16-12(2-1-6-20-14(25)5-8-34-9-7-21-23-19)10-24(17(26)22-16)15-4-3-13(36-15)11-35-40(30,31)38-41(32,33)37-39(27,28)29;1-3-4-23-5-6-24-7-8-25-9-10-26-17-14(18-12(2)20)16(22)15(21)13(11-19)27-17;/h17-18,25-26,28-31,33,43,46-47H,4-16,19-21H2,1H3,(H,36,45)(H,37,44)(H,52,53)(H,54,55)(H2,35,38,48)(H2,49,50,51);10,13,15H,3-9,11H2,(H,20,25)(H,30,31)(H,32,33)(H2,18,22,26)(H2,27,28,29);1,13-17,19,21-22H,4-11H2,2H3,(H,18,20);1H4/t25-,26?,28+,29?,30+,31+,33+;13-,15+;13?,14?,15-,16-,17-;/m001./s1. The van der Waals surface area contributed by atoms with Gasteiger partial charge in [0.25, 0.3) is 0 Å². The van der Waals surface area contributed by atoms with Gasteiger partial charge >= 0.3 is 58.3 Å². The number of nitrogen functional groups attached to an aromatic ring is 2. The van der Waals surface area contributed by atoms with Crippen LogP contribution in [0.4, 0.5) is 11.6 Å². The second-order valence-electron chi connectivity index (χ2n) is 28.0. The summed E-state index contributed by atoms with van der Waals surface area (Å²) in [5, 5.41) is 80.5. The summed E-state index contributed by atoms with van der Waals surface area (Å²) >= 11 is 0. The van der Waals surface area contributed by atoms with Crippen molar-refractivity contribution in [2.24, 2.45) is 5.11 Å². The number of amides is 4. The van der Waals surface area contributed by atoms with Crippen molar-refractivity contribution in [1.29, 1.82) is 0 Å². The van der Waals surface area contributed by atoms with E-state index in [1.807, 2.05) is 0 Å². The predicted octanol–water partition coefficient (Wildman–Crippen LogP) is -5.18. The number of nitrogens with two attached hydrogens (primary N) is 2. The molecule has 4 amide bonds. The number of carbonyl (C=O) groups excluding carboxylic acids is 4. The lowest BCUT2D eigenvalue weighted by Gasteiger charge is -2.42. The fourth-order valence-corrected chi connectivity index (χ4v) is 17.6. The van der Waals surface area contributed by atoms with Crippen LogP contribution < -0.4 is 44.1 Å². The van der Waals surface area contributed by atoms with Crippen molar-refractivity contribution in [2.75, 3.05) is 170 Å². The normalized spacial score (nSPS) is 23.1. The number of terminal acetylenes is 1. The van der Waals surface area contributed by atoms with Gasteiger partial charge < -0.3 is 169 Å². The van der Waals surface area contributed by atoms with Gasteiger partial charge in [0.15, 0.2) is 12.6 Å². The second kappa shape index (κ2) is 62.6. The van der Waals surface area contributed by atoms with Crippen LogP contribution in [-0.2, 0) is 152 Å². The van der Waals surface area contributed by atoms with Crippen LogP contribution in [0.5, 0.6) is 0 Å². The summed E-state index contributed by atoms with van der Waals surface area (Å²) in [7, 11) is -33.2. The van der Waals surface area contributed by atoms with Crippen molar-refractivity contribution in [2.45, 2.75) is 159 Å². The van der Waals surface area contributed by atoms with E-state index in [9.17, 15) is 106 Å². The minimum absolute atomic E-state index is 0. The van der Waals surface area contributed by atoms with Crippen molar-refractivity contribution in [3.05, 3.63) is 66.8 Å². The van der Waals surface area contributed by atoms with E-state index in [1.165, 1.54) is 26.2 Å². The van der Waals surface area contributed by atoms with Gasteiger partial charge in [0.05, 0.1) is 188 Å². The average molecular weight is 2090 g/mol. The lowest BCUT2D eigenvalue weighted by molar-refractivity contribution is -0.272. The topological polar surface area (TPSA) is 888 Å². The number of phosphoric ester groups is 2. The molecule has 62 nitrogen and oxygen atoms in total. The molecule has 4 aliphatic heterocycles. The molecule has 0 bridgehead atoms. The first kappa shape index (κ1) is 122. The van der Waals surface area contributed by atoms with Crippen LogP contribution in [0.25, 0.3) is 10.4 Å². The van der Waals surface area contributed by atoms with Crippen LogP contribution >= 0.6 is 46.9 Å². The maximum absolute atomic E-state index is 12.6. The molecule has 0 radical (unpaired) electrons. The highest BCUT2D eigenvalue weighted by Gasteiger charge is 2.48. The number of hydrogen-bond donors (Lipinski definition) is 20.